The van der Waals surface area contributed by atoms with Crippen LogP contribution in [0.15, 0.2) is 0 Å². The third-order valence-electron chi connectivity index (χ3n) is 2.91. The fourth-order valence-corrected chi connectivity index (χ4v) is 1.92. The summed E-state index contributed by atoms with van der Waals surface area (Å²) in [5.74, 6) is -1.09. The highest BCUT2D eigenvalue weighted by molar-refractivity contribution is 5.83. The molecule has 0 aromatic carbocycles. The van der Waals surface area contributed by atoms with Gasteiger partial charge in [-0.15, -0.1) is 0 Å². The van der Waals surface area contributed by atoms with Gasteiger partial charge in [0.2, 0.25) is 0 Å². The second-order valence-corrected chi connectivity index (χ2v) is 4.30. The van der Waals surface area contributed by atoms with Crippen molar-refractivity contribution in [3.63, 3.8) is 0 Å². The number of nitrogens with zero attached hydrogens (tertiary/aromatic N) is 2. The van der Waals surface area contributed by atoms with Crippen molar-refractivity contribution in [2.75, 3.05) is 33.4 Å². The molecule has 1 aliphatic rings. The molecule has 7 nitrogen and oxygen atoms in total. The lowest BCUT2D eigenvalue weighted by Gasteiger charge is -2.27. The van der Waals surface area contributed by atoms with E-state index in [0.29, 0.717) is 19.8 Å². The molecule has 0 bridgehead atoms. The molecule has 2 amide bonds. The summed E-state index contributed by atoms with van der Waals surface area (Å²) in [4.78, 5) is 25.6. The van der Waals surface area contributed by atoms with Crippen molar-refractivity contribution in [1.29, 1.82) is 0 Å². The highest BCUT2D eigenvalue weighted by atomic mass is 16.5. The number of rotatable bonds is 5. The molecule has 1 heterocycles. The van der Waals surface area contributed by atoms with Gasteiger partial charge in [-0.3, -0.25) is 0 Å². The Morgan fingerprint density at radius 3 is 2.72 bits per heavy atom. The third-order valence-corrected chi connectivity index (χ3v) is 2.91. The zero-order valence-corrected chi connectivity index (χ0v) is 10.7. The van der Waals surface area contributed by atoms with Crippen molar-refractivity contribution in [1.82, 2.24) is 9.80 Å². The molecule has 0 unspecified atom stereocenters. The Balaban J connectivity index is 2.56. The average molecular weight is 260 g/mol. The summed E-state index contributed by atoms with van der Waals surface area (Å²) in [6.45, 7) is 3.30. The van der Waals surface area contributed by atoms with Gasteiger partial charge in [-0.05, 0) is 6.92 Å². The Morgan fingerprint density at radius 2 is 2.17 bits per heavy atom. The number of aliphatic carboxylic acids is 1. The number of carbonyl (C=O) groups is 2. The summed E-state index contributed by atoms with van der Waals surface area (Å²) in [5.41, 5.74) is 0. The number of aliphatic hydroxyl groups excluding tert-OH is 1. The topological polar surface area (TPSA) is 90.3 Å². The maximum atomic E-state index is 12.0. The molecule has 0 aliphatic carbocycles. The summed E-state index contributed by atoms with van der Waals surface area (Å²) < 4.78 is 5.13. The lowest BCUT2D eigenvalue weighted by atomic mass is 10.2. The molecule has 1 rings (SSSR count). The largest absolute Gasteiger partial charge is 0.480 e. The summed E-state index contributed by atoms with van der Waals surface area (Å²) in [7, 11) is 1.59. The van der Waals surface area contributed by atoms with Crippen molar-refractivity contribution >= 4 is 12.0 Å². The highest BCUT2D eigenvalue weighted by Crippen LogP contribution is 2.19. The van der Waals surface area contributed by atoms with Gasteiger partial charge in [-0.1, -0.05) is 0 Å². The van der Waals surface area contributed by atoms with Gasteiger partial charge < -0.3 is 24.7 Å². The predicted molar refractivity (Wildman–Crippen MR) is 63.3 cm³/mol. The predicted octanol–water partition coefficient (Wildman–Crippen LogP) is -0.405. The normalized spacial score (nSPS) is 23.2. The summed E-state index contributed by atoms with van der Waals surface area (Å²) >= 11 is 0. The zero-order chi connectivity index (χ0) is 13.7. The molecule has 104 valence electrons. The third kappa shape index (κ3) is 3.58. The summed E-state index contributed by atoms with van der Waals surface area (Å²) in [5, 5.41) is 18.5. The van der Waals surface area contributed by atoms with Crippen LogP contribution in [0.3, 0.4) is 0 Å². The molecular formula is C11H20N2O5. The number of likely N-dealkylation sites (N-methyl/N-ethyl adjacent to an activating group) is 1. The van der Waals surface area contributed by atoms with Gasteiger partial charge >= 0.3 is 12.0 Å². The Kier molecular flexibility index (Phi) is 5.36. The van der Waals surface area contributed by atoms with Crippen LogP contribution in [0.2, 0.25) is 0 Å². The van der Waals surface area contributed by atoms with Crippen molar-refractivity contribution in [2.45, 2.75) is 25.5 Å². The minimum Gasteiger partial charge on any atom is -0.480 e. The van der Waals surface area contributed by atoms with Gasteiger partial charge in [-0.2, -0.15) is 0 Å². The number of amides is 2. The number of hydrogen-bond acceptors (Lipinski definition) is 4. The zero-order valence-electron chi connectivity index (χ0n) is 10.7. The van der Waals surface area contributed by atoms with Gasteiger partial charge in [0, 0.05) is 33.2 Å². The van der Waals surface area contributed by atoms with Gasteiger partial charge in [0.05, 0.1) is 12.7 Å². The molecule has 2 atom stereocenters. The number of likely N-dealkylation sites (tertiary alicyclic amines) is 1. The minimum atomic E-state index is -1.09. The van der Waals surface area contributed by atoms with E-state index in [-0.39, 0.29) is 13.0 Å². The first-order valence-electron chi connectivity index (χ1n) is 5.97. The van der Waals surface area contributed by atoms with Crippen LogP contribution < -0.4 is 0 Å². The quantitative estimate of drug-likeness (QED) is 0.656. The molecule has 1 fully saturated rings. The number of urea groups is 1. The lowest BCUT2D eigenvalue weighted by Crippen LogP contribution is -2.47. The number of aliphatic hydroxyl groups is 1. The number of hydrogen-bond donors (Lipinski definition) is 2. The van der Waals surface area contributed by atoms with Crippen molar-refractivity contribution < 1.29 is 24.5 Å². The molecule has 2 N–H and O–H groups in total. The van der Waals surface area contributed by atoms with E-state index in [1.54, 1.807) is 7.05 Å². The highest BCUT2D eigenvalue weighted by Gasteiger charge is 2.39. The smallest absolute Gasteiger partial charge is 0.326 e. The molecule has 0 saturated carbocycles. The summed E-state index contributed by atoms with van der Waals surface area (Å²) in [6, 6.07) is -1.33. The average Bonchev–Trinajstić information content (AvgIpc) is 2.70. The first-order valence-corrected chi connectivity index (χ1v) is 5.97. The van der Waals surface area contributed by atoms with Crippen molar-refractivity contribution in [3.05, 3.63) is 0 Å². The molecule has 0 spiro atoms. The minimum absolute atomic E-state index is 0.0643. The molecule has 7 heteroatoms. The molecule has 0 aromatic rings. The monoisotopic (exact) mass is 260 g/mol. The van der Waals surface area contributed by atoms with E-state index >= 15 is 0 Å². The molecule has 1 saturated heterocycles. The summed E-state index contributed by atoms with van der Waals surface area (Å²) in [6.07, 6.45) is -0.684. The van der Waals surface area contributed by atoms with Crippen molar-refractivity contribution in [3.8, 4) is 0 Å². The maximum absolute atomic E-state index is 12.0. The second-order valence-electron chi connectivity index (χ2n) is 4.30. The second kappa shape index (κ2) is 6.55. The maximum Gasteiger partial charge on any atom is 0.326 e. The van der Waals surface area contributed by atoms with Crippen LogP contribution in [0.1, 0.15) is 13.3 Å². The van der Waals surface area contributed by atoms with Gasteiger partial charge in [-0.25, -0.2) is 9.59 Å². The molecule has 18 heavy (non-hydrogen) atoms. The van der Waals surface area contributed by atoms with E-state index in [0.717, 1.165) is 0 Å². The Bertz CT molecular complexity index is 310. The lowest BCUT2D eigenvalue weighted by molar-refractivity contribution is -0.141. The van der Waals surface area contributed by atoms with E-state index in [1.807, 2.05) is 6.92 Å². The fourth-order valence-electron chi connectivity index (χ4n) is 1.92. The number of carboxylic acids is 1. The first-order chi connectivity index (χ1) is 8.47. The number of carbonyl (C=O) groups excluding carboxylic acids is 1. The van der Waals surface area contributed by atoms with Gasteiger partial charge in [0.15, 0.2) is 0 Å². The molecule has 1 aliphatic heterocycles. The van der Waals surface area contributed by atoms with Crippen molar-refractivity contribution in [2.24, 2.45) is 0 Å². The van der Waals surface area contributed by atoms with E-state index in [2.05, 4.69) is 0 Å². The van der Waals surface area contributed by atoms with Crippen LogP contribution in [-0.4, -0.2) is 77.5 Å². The number of carboxylic acid groups (broad SMARTS) is 1. The SMILES string of the molecule is CCOCCN(C)C(=O)N1C[C@@H](O)C[C@H]1C(=O)O. The first kappa shape index (κ1) is 14.7. The van der Waals surface area contributed by atoms with E-state index in [1.165, 1.54) is 9.80 Å². The van der Waals surface area contributed by atoms with E-state index in [4.69, 9.17) is 9.84 Å². The molecule has 0 radical (unpaired) electrons. The van der Waals surface area contributed by atoms with Crippen LogP contribution in [0.5, 0.6) is 0 Å². The van der Waals surface area contributed by atoms with Crippen LogP contribution in [0.4, 0.5) is 4.79 Å². The Hall–Kier alpha value is -1.34. The standard InChI is InChI=1S/C11H20N2O5/c1-3-18-5-4-12(2)11(17)13-7-8(14)6-9(13)10(15)16/h8-9,14H,3-7H2,1-2H3,(H,15,16)/t8-,9-/m0/s1. The van der Waals surface area contributed by atoms with Crippen LogP contribution in [0.25, 0.3) is 0 Å². The Morgan fingerprint density at radius 1 is 1.50 bits per heavy atom. The fraction of sp³-hybridized carbons (Fsp3) is 0.818. The van der Waals surface area contributed by atoms with Gasteiger partial charge in [0.1, 0.15) is 6.04 Å². The van der Waals surface area contributed by atoms with Gasteiger partial charge in [0.25, 0.3) is 0 Å². The number of β-amino-alcohol motifs (C(OH)–C–C–N with tert-alkyl or cyclic N) is 1. The van der Waals surface area contributed by atoms with Crippen LogP contribution in [-0.2, 0) is 9.53 Å². The number of ether oxygens (including phenoxy) is 1. The van der Waals surface area contributed by atoms with Crippen LogP contribution in [0, 0.1) is 0 Å². The van der Waals surface area contributed by atoms with Crippen LogP contribution >= 0.6 is 0 Å². The molecular weight excluding hydrogens is 240 g/mol. The molecule has 0 aromatic heterocycles. The Labute approximate surface area is 106 Å². The van der Waals surface area contributed by atoms with E-state index in [9.17, 15) is 14.7 Å². The van der Waals surface area contributed by atoms with E-state index < -0.39 is 24.1 Å².